The number of rotatable bonds is 2. The molecule has 2 aliphatic rings. The van der Waals surface area contributed by atoms with E-state index in [1.807, 2.05) is 13.2 Å². The molecule has 0 N–H and O–H groups in total. The summed E-state index contributed by atoms with van der Waals surface area (Å²) in [6.45, 7) is 1.73. The van der Waals surface area contributed by atoms with Crippen LogP contribution in [0, 0.1) is 5.41 Å². The van der Waals surface area contributed by atoms with Crippen molar-refractivity contribution >= 4 is 17.5 Å². The molecule has 4 heterocycles. The SMILES string of the molecule is Cn1cc(N2CC[C@@]3(CCCN(C(=O)c4ncn(C)n4)C3)C2=O)cn1. The van der Waals surface area contributed by atoms with Gasteiger partial charge in [0, 0.05) is 39.9 Å². The molecule has 0 saturated carbocycles. The van der Waals surface area contributed by atoms with Crippen LogP contribution in [0.2, 0.25) is 0 Å². The van der Waals surface area contributed by atoms with Crippen molar-refractivity contribution in [2.24, 2.45) is 19.5 Å². The highest BCUT2D eigenvalue weighted by molar-refractivity contribution is 6.00. The zero-order valence-corrected chi connectivity index (χ0v) is 14.4. The number of nitrogens with zero attached hydrogens (tertiary/aromatic N) is 7. The van der Waals surface area contributed by atoms with Gasteiger partial charge < -0.3 is 9.80 Å². The predicted octanol–water partition coefficient (Wildman–Crippen LogP) is 0.208. The van der Waals surface area contributed by atoms with E-state index in [-0.39, 0.29) is 17.6 Å². The fraction of sp³-hybridized carbons (Fsp3) is 0.562. The largest absolute Gasteiger partial charge is 0.335 e. The van der Waals surface area contributed by atoms with Crippen molar-refractivity contribution in [1.29, 1.82) is 0 Å². The summed E-state index contributed by atoms with van der Waals surface area (Å²) in [7, 11) is 3.56. The molecule has 0 unspecified atom stereocenters. The zero-order valence-electron chi connectivity index (χ0n) is 14.4. The number of hydrogen-bond donors (Lipinski definition) is 0. The Labute approximate surface area is 145 Å². The third-order valence-corrected chi connectivity index (χ3v) is 5.17. The van der Waals surface area contributed by atoms with E-state index >= 15 is 0 Å². The minimum absolute atomic E-state index is 0.0898. The van der Waals surface area contributed by atoms with Crippen molar-refractivity contribution in [2.45, 2.75) is 19.3 Å². The Kier molecular flexibility index (Phi) is 3.59. The van der Waals surface area contributed by atoms with Crippen molar-refractivity contribution in [1.82, 2.24) is 29.4 Å². The maximum atomic E-state index is 13.1. The van der Waals surface area contributed by atoms with Gasteiger partial charge >= 0.3 is 0 Å². The van der Waals surface area contributed by atoms with Crippen LogP contribution in [0.1, 0.15) is 29.9 Å². The Balaban J connectivity index is 1.54. The van der Waals surface area contributed by atoms with E-state index in [1.165, 1.54) is 11.0 Å². The lowest BCUT2D eigenvalue weighted by atomic mass is 9.78. The first-order valence-corrected chi connectivity index (χ1v) is 8.44. The van der Waals surface area contributed by atoms with Gasteiger partial charge in [-0.05, 0) is 19.3 Å². The molecule has 0 aliphatic carbocycles. The molecule has 2 aromatic rings. The highest BCUT2D eigenvalue weighted by atomic mass is 16.2. The zero-order chi connectivity index (χ0) is 17.6. The van der Waals surface area contributed by atoms with E-state index in [0.29, 0.717) is 19.6 Å². The molecule has 0 radical (unpaired) electrons. The summed E-state index contributed by atoms with van der Waals surface area (Å²) in [6, 6.07) is 0. The van der Waals surface area contributed by atoms with E-state index in [9.17, 15) is 9.59 Å². The van der Waals surface area contributed by atoms with E-state index < -0.39 is 5.41 Å². The number of aromatic nitrogens is 5. The van der Waals surface area contributed by atoms with Crippen molar-refractivity contribution in [3.63, 3.8) is 0 Å². The molecular formula is C16H21N7O2. The number of hydrogen-bond acceptors (Lipinski definition) is 5. The lowest BCUT2D eigenvalue weighted by Crippen LogP contribution is -2.50. The van der Waals surface area contributed by atoms with Crippen LogP contribution < -0.4 is 4.90 Å². The molecule has 4 rings (SSSR count). The van der Waals surface area contributed by atoms with Gasteiger partial charge in [-0.1, -0.05) is 0 Å². The second-order valence-electron chi connectivity index (χ2n) is 6.93. The molecule has 2 aliphatic heterocycles. The minimum atomic E-state index is -0.501. The van der Waals surface area contributed by atoms with Crippen molar-refractivity contribution in [3.8, 4) is 0 Å². The molecule has 2 saturated heterocycles. The van der Waals surface area contributed by atoms with E-state index in [0.717, 1.165) is 24.9 Å². The third kappa shape index (κ3) is 2.59. The van der Waals surface area contributed by atoms with Gasteiger partial charge in [0.1, 0.15) is 6.33 Å². The molecule has 2 amide bonds. The van der Waals surface area contributed by atoms with Crippen molar-refractivity contribution in [3.05, 3.63) is 24.5 Å². The first-order valence-electron chi connectivity index (χ1n) is 8.44. The third-order valence-electron chi connectivity index (χ3n) is 5.17. The van der Waals surface area contributed by atoms with Crippen LogP contribution in [0.5, 0.6) is 0 Å². The van der Waals surface area contributed by atoms with Crippen LogP contribution in [-0.4, -0.2) is 60.9 Å². The standard InChI is InChI=1S/C16H21N7O2/c1-20-9-12(8-18-20)23-7-5-16(15(23)25)4-3-6-22(10-16)14(24)13-17-11-21(2)19-13/h8-9,11H,3-7,10H2,1-2H3/t16-/m1/s1. The van der Waals surface area contributed by atoms with Crippen molar-refractivity contribution in [2.75, 3.05) is 24.5 Å². The number of likely N-dealkylation sites (tertiary alicyclic amines) is 1. The fourth-order valence-electron chi connectivity index (χ4n) is 3.88. The van der Waals surface area contributed by atoms with Gasteiger partial charge in [-0.2, -0.15) is 5.10 Å². The molecule has 9 nitrogen and oxygen atoms in total. The first-order chi connectivity index (χ1) is 12.0. The second kappa shape index (κ2) is 5.68. The monoisotopic (exact) mass is 343 g/mol. The van der Waals surface area contributed by atoms with Crippen LogP contribution in [-0.2, 0) is 18.9 Å². The molecule has 2 aromatic heterocycles. The lowest BCUT2D eigenvalue weighted by Gasteiger charge is -2.38. The summed E-state index contributed by atoms with van der Waals surface area (Å²) in [5.74, 6) is 0.0772. The van der Waals surface area contributed by atoms with Crippen molar-refractivity contribution < 1.29 is 9.59 Å². The lowest BCUT2D eigenvalue weighted by molar-refractivity contribution is -0.127. The van der Waals surface area contributed by atoms with E-state index in [2.05, 4.69) is 15.2 Å². The Bertz CT molecular complexity index is 826. The normalized spacial score (nSPS) is 23.7. The van der Waals surface area contributed by atoms with Crippen LogP contribution in [0.3, 0.4) is 0 Å². The summed E-state index contributed by atoms with van der Waals surface area (Å²) in [6.07, 6.45) is 7.44. The summed E-state index contributed by atoms with van der Waals surface area (Å²) in [5, 5.41) is 8.25. The number of aryl methyl sites for hydroxylation is 2. The Hall–Kier alpha value is -2.71. The summed E-state index contributed by atoms with van der Waals surface area (Å²) < 4.78 is 3.20. The molecular weight excluding hydrogens is 322 g/mol. The Morgan fingerprint density at radius 1 is 1.20 bits per heavy atom. The van der Waals surface area contributed by atoms with Gasteiger partial charge in [-0.3, -0.25) is 19.0 Å². The average molecular weight is 343 g/mol. The maximum absolute atomic E-state index is 13.1. The van der Waals surface area contributed by atoms with E-state index in [1.54, 1.807) is 27.7 Å². The topological polar surface area (TPSA) is 89.2 Å². The smallest absolute Gasteiger partial charge is 0.293 e. The number of carbonyl (C=O) groups is 2. The van der Waals surface area contributed by atoms with Gasteiger partial charge in [0.2, 0.25) is 11.7 Å². The minimum Gasteiger partial charge on any atom is -0.335 e. The van der Waals surface area contributed by atoms with Gasteiger partial charge in [0.15, 0.2) is 0 Å². The molecule has 132 valence electrons. The molecule has 0 aromatic carbocycles. The van der Waals surface area contributed by atoms with Gasteiger partial charge in [0.05, 0.1) is 17.3 Å². The van der Waals surface area contributed by atoms with Gasteiger partial charge in [0.25, 0.3) is 5.91 Å². The molecule has 1 atom stereocenters. The van der Waals surface area contributed by atoms with Crippen LogP contribution in [0.4, 0.5) is 5.69 Å². The second-order valence-corrected chi connectivity index (χ2v) is 6.93. The molecule has 0 bridgehead atoms. The average Bonchev–Trinajstić information content (AvgIpc) is 3.29. The van der Waals surface area contributed by atoms with Crippen LogP contribution in [0.25, 0.3) is 0 Å². The fourth-order valence-corrected chi connectivity index (χ4v) is 3.88. The highest BCUT2D eigenvalue weighted by Gasteiger charge is 2.50. The predicted molar refractivity (Wildman–Crippen MR) is 88.8 cm³/mol. The number of carbonyl (C=O) groups excluding carboxylic acids is 2. The highest BCUT2D eigenvalue weighted by Crippen LogP contribution is 2.41. The van der Waals surface area contributed by atoms with Crippen LogP contribution in [0.15, 0.2) is 18.7 Å². The Morgan fingerprint density at radius 3 is 2.72 bits per heavy atom. The molecule has 25 heavy (non-hydrogen) atoms. The number of amides is 2. The van der Waals surface area contributed by atoms with Gasteiger partial charge in [-0.15, -0.1) is 5.10 Å². The summed E-state index contributed by atoms with van der Waals surface area (Å²) in [5.41, 5.74) is 0.317. The van der Waals surface area contributed by atoms with Crippen LogP contribution >= 0.6 is 0 Å². The Morgan fingerprint density at radius 2 is 2.04 bits per heavy atom. The molecule has 2 fully saturated rings. The molecule has 9 heteroatoms. The van der Waals surface area contributed by atoms with E-state index in [4.69, 9.17) is 0 Å². The summed E-state index contributed by atoms with van der Waals surface area (Å²) in [4.78, 5) is 33.3. The number of anilines is 1. The maximum Gasteiger partial charge on any atom is 0.293 e. The first kappa shape index (κ1) is 15.8. The van der Waals surface area contributed by atoms with Gasteiger partial charge in [-0.25, -0.2) is 4.98 Å². The number of piperidine rings is 1. The molecule has 1 spiro atoms. The quantitative estimate of drug-likeness (QED) is 0.777. The summed E-state index contributed by atoms with van der Waals surface area (Å²) >= 11 is 0.